The smallest absolute Gasteiger partial charge is 0.191 e. The van der Waals surface area contributed by atoms with Gasteiger partial charge in [-0.25, -0.2) is 9.97 Å². The molecular formula is C25H31N7. The third-order valence-electron chi connectivity index (χ3n) is 5.65. The SMILES string of the molecule is CN=C(NCCCn1c(C)nc2ccccc21)NCc1cccc(Cn2ccnc2C)c1. The largest absolute Gasteiger partial charge is 0.356 e. The number of hydrogen-bond donors (Lipinski definition) is 2. The first kappa shape index (κ1) is 21.6. The van der Waals surface area contributed by atoms with Gasteiger partial charge in [-0.05, 0) is 43.5 Å². The second-order valence-electron chi connectivity index (χ2n) is 7.93. The highest BCUT2D eigenvalue weighted by molar-refractivity contribution is 5.79. The first-order valence-electron chi connectivity index (χ1n) is 11.1. The monoisotopic (exact) mass is 429 g/mol. The first-order chi connectivity index (χ1) is 15.6. The lowest BCUT2D eigenvalue weighted by Gasteiger charge is -2.13. The van der Waals surface area contributed by atoms with E-state index in [0.717, 1.165) is 55.7 Å². The number of para-hydroxylation sites is 2. The van der Waals surface area contributed by atoms with Gasteiger partial charge in [0, 0.05) is 45.6 Å². The molecular weight excluding hydrogens is 398 g/mol. The van der Waals surface area contributed by atoms with E-state index in [9.17, 15) is 0 Å². The number of aliphatic imine (C=N–C) groups is 1. The molecule has 0 bridgehead atoms. The highest BCUT2D eigenvalue weighted by Gasteiger charge is 2.06. The van der Waals surface area contributed by atoms with E-state index in [1.165, 1.54) is 16.6 Å². The van der Waals surface area contributed by atoms with Gasteiger partial charge in [0.2, 0.25) is 0 Å². The van der Waals surface area contributed by atoms with Crippen molar-refractivity contribution in [2.24, 2.45) is 4.99 Å². The molecule has 0 fully saturated rings. The summed E-state index contributed by atoms with van der Waals surface area (Å²) < 4.78 is 4.43. The zero-order valence-electron chi connectivity index (χ0n) is 19.0. The fourth-order valence-corrected chi connectivity index (χ4v) is 3.93. The van der Waals surface area contributed by atoms with Crippen molar-refractivity contribution in [2.45, 2.75) is 39.9 Å². The van der Waals surface area contributed by atoms with Gasteiger partial charge in [-0.3, -0.25) is 4.99 Å². The van der Waals surface area contributed by atoms with Crippen molar-refractivity contribution in [3.8, 4) is 0 Å². The Morgan fingerprint density at radius 2 is 1.84 bits per heavy atom. The summed E-state index contributed by atoms with van der Waals surface area (Å²) in [6.45, 7) is 7.40. The molecule has 7 heteroatoms. The summed E-state index contributed by atoms with van der Waals surface area (Å²) >= 11 is 0. The molecule has 0 spiro atoms. The molecule has 0 atom stereocenters. The van der Waals surface area contributed by atoms with Crippen molar-refractivity contribution in [3.63, 3.8) is 0 Å². The maximum Gasteiger partial charge on any atom is 0.191 e. The van der Waals surface area contributed by atoms with Gasteiger partial charge in [0.1, 0.15) is 11.6 Å². The van der Waals surface area contributed by atoms with E-state index in [2.05, 4.69) is 84.1 Å². The second kappa shape index (κ2) is 10.1. The zero-order valence-corrected chi connectivity index (χ0v) is 19.0. The minimum absolute atomic E-state index is 0.724. The average Bonchev–Trinajstić information content (AvgIpc) is 3.35. The lowest BCUT2D eigenvalue weighted by atomic mass is 10.1. The van der Waals surface area contributed by atoms with Crippen LogP contribution in [0.5, 0.6) is 0 Å². The molecule has 32 heavy (non-hydrogen) atoms. The molecule has 0 aliphatic rings. The fourth-order valence-electron chi connectivity index (χ4n) is 3.93. The molecule has 2 N–H and O–H groups in total. The zero-order chi connectivity index (χ0) is 22.3. The molecule has 0 saturated carbocycles. The van der Waals surface area contributed by atoms with Gasteiger partial charge in [-0.2, -0.15) is 0 Å². The summed E-state index contributed by atoms with van der Waals surface area (Å²) in [7, 11) is 1.81. The Labute approximate surface area is 189 Å². The number of benzene rings is 2. The van der Waals surface area contributed by atoms with Crippen LogP contribution in [0.3, 0.4) is 0 Å². The number of nitrogens with zero attached hydrogens (tertiary/aromatic N) is 5. The van der Waals surface area contributed by atoms with Crippen LogP contribution >= 0.6 is 0 Å². The number of rotatable bonds is 8. The van der Waals surface area contributed by atoms with E-state index in [4.69, 9.17) is 0 Å². The van der Waals surface area contributed by atoms with Gasteiger partial charge in [-0.1, -0.05) is 36.4 Å². The number of aromatic nitrogens is 4. The van der Waals surface area contributed by atoms with Gasteiger partial charge in [0.05, 0.1) is 11.0 Å². The van der Waals surface area contributed by atoms with Gasteiger partial charge < -0.3 is 19.8 Å². The quantitative estimate of drug-likeness (QED) is 0.255. The second-order valence-corrected chi connectivity index (χ2v) is 7.93. The lowest BCUT2D eigenvalue weighted by Crippen LogP contribution is -2.37. The van der Waals surface area contributed by atoms with Crippen LogP contribution in [0.15, 0.2) is 65.9 Å². The van der Waals surface area contributed by atoms with E-state index >= 15 is 0 Å². The number of nitrogens with one attached hydrogen (secondary N) is 2. The van der Waals surface area contributed by atoms with Gasteiger partial charge in [-0.15, -0.1) is 0 Å². The molecule has 0 aliphatic heterocycles. The Bertz CT molecular complexity index is 1200. The Balaban J connectivity index is 1.26. The number of aryl methyl sites for hydroxylation is 3. The van der Waals surface area contributed by atoms with E-state index in [-0.39, 0.29) is 0 Å². The standard InChI is InChI=1S/C25H31N7/c1-19-27-13-15-31(19)18-22-9-6-8-21(16-22)17-29-25(26-3)28-12-7-14-32-20(2)30-23-10-4-5-11-24(23)32/h4-6,8-11,13,15-16H,7,12,14,17-18H2,1-3H3,(H2,26,28,29). The molecule has 0 aliphatic carbocycles. The fraction of sp³-hybridized carbons (Fsp3) is 0.320. The summed E-state index contributed by atoms with van der Waals surface area (Å²) in [6, 6.07) is 16.9. The number of guanidine groups is 1. The van der Waals surface area contributed by atoms with E-state index < -0.39 is 0 Å². The minimum Gasteiger partial charge on any atom is -0.356 e. The van der Waals surface area contributed by atoms with E-state index in [0.29, 0.717) is 0 Å². The Morgan fingerprint density at radius 3 is 2.66 bits per heavy atom. The van der Waals surface area contributed by atoms with Crippen LogP contribution in [-0.2, 0) is 19.6 Å². The van der Waals surface area contributed by atoms with Crippen LogP contribution in [0.1, 0.15) is 29.2 Å². The third-order valence-corrected chi connectivity index (χ3v) is 5.65. The van der Waals surface area contributed by atoms with E-state index in [1.54, 1.807) is 7.05 Å². The molecule has 0 radical (unpaired) electrons. The maximum absolute atomic E-state index is 4.64. The van der Waals surface area contributed by atoms with Crippen LogP contribution in [0.2, 0.25) is 0 Å². The number of imidazole rings is 2. The van der Waals surface area contributed by atoms with Crippen LogP contribution in [0.25, 0.3) is 11.0 Å². The van der Waals surface area contributed by atoms with Crippen molar-refractivity contribution in [2.75, 3.05) is 13.6 Å². The maximum atomic E-state index is 4.64. The van der Waals surface area contributed by atoms with Crippen molar-refractivity contribution in [1.29, 1.82) is 0 Å². The van der Waals surface area contributed by atoms with Crippen LogP contribution in [0, 0.1) is 13.8 Å². The Morgan fingerprint density at radius 1 is 1.00 bits per heavy atom. The highest BCUT2D eigenvalue weighted by atomic mass is 15.2. The molecule has 4 rings (SSSR count). The molecule has 4 aromatic rings. The highest BCUT2D eigenvalue weighted by Crippen LogP contribution is 2.15. The van der Waals surface area contributed by atoms with Crippen molar-refractivity contribution in [1.82, 2.24) is 29.7 Å². The van der Waals surface area contributed by atoms with Gasteiger partial charge in [0.15, 0.2) is 5.96 Å². The Kier molecular flexibility index (Phi) is 6.84. The van der Waals surface area contributed by atoms with Crippen molar-refractivity contribution < 1.29 is 0 Å². The molecule has 166 valence electrons. The molecule has 2 aromatic carbocycles. The summed E-state index contributed by atoms with van der Waals surface area (Å²) in [6.07, 6.45) is 4.84. The molecule has 2 aromatic heterocycles. The molecule has 2 heterocycles. The number of fused-ring (bicyclic) bond motifs is 1. The molecule has 0 amide bonds. The third kappa shape index (κ3) is 5.17. The summed E-state index contributed by atoms with van der Waals surface area (Å²) in [4.78, 5) is 13.3. The predicted octanol–water partition coefficient (Wildman–Crippen LogP) is 3.65. The summed E-state index contributed by atoms with van der Waals surface area (Å²) in [5.74, 6) is 2.89. The summed E-state index contributed by atoms with van der Waals surface area (Å²) in [5.41, 5.74) is 4.74. The van der Waals surface area contributed by atoms with E-state index in [1.807, 2.05) is 25.4 Å². The van der Waals surface area contributed by atoms with Crippen LogP contribution in [-0.4, -0.2) is 38.7 Å². The Hall–Kier alpha value is -3.61. The topological polar surface area (TPSA) is 72.1 Å². The molecule has 7 nitrogen and oxygen atoms in total. The van der Waals surface area contributed by atoms with Crippen LogP contribution in [0.4, 0.5) is 0 Å². The minimum atomic E-state index is 0.724. The lowest BCUT2D eigenvalue weighted by molar-refractivity contribution is 0.624. The predicted molar refractivity (Wildman–Crippen MR) is 130 cm³/mol. The average molecular weight is 430 g/mol. The molecule has 0 saturated heterocycles. The van der Waals surface area contributed by atoms with Crippen LogP contribution < -0.4 is 10.6 Å². The van der Waals surface area contributed by atoms with Crippen molar-refractivity contribution in [3.05, 3.63) is 83.7 Å². The molecule has 0 unspecified atom stereocenters. The summed E-state index contributed by atoms with van der Waals surface area (Å²) in [5, 5.41) is 6.84. The van der Waals surface area contributed by atoms with Gasteiger partial charge >= 0.3 is 0 Å². The van der Waals surface area contributed by atoms with Gasteiger partial charge in [0.25, 0.3) is 0 Å². The first-order valence-corrected chi connectivity index (χ1v) is 11.1. The van der Waals surface area contributed by atoms with Crippen molar-refractivity contribution >= 4 is 17.0 Å². The number of hydrogen-bond acceptors (Lipinski definition) is 3. The normalized spacial score (nSPS) is 11.8.